The smallest absolute Gasteiger partial charge is 0.341 e. The monoisotopic (exact) mass is 258 g/mol. The van der Waals surface area contributed by atoms with Gasteiger partial charge in [0.15, 0.2) is 5.75 Å². The topological polar surface area (TPSA) is 72.3 Å². The average molecular weight is 258 g/mol. The average Bonchev–Trinajstić information content (AvgIpc) is 2.41. The van der Waals surface area contributed by atoms with Gasteiger partial charge in [0.05, 0.1) is 5.69 Å². The molecule has 0 unspecified atom stereocenters. The SMILES string of the molecule is CCc1nc(C)ccc1Oc1ncccc1C(=O)O. The summed E-state index contributed by atoms with van der Waals surface area (Å²) in [4.78, 5) is 19.4. The molecule has 2 aromatic heterocycles. The first kappa shape index (κ1) is 13.0. The fourth-order valence-electron chi connectivity index (χ4n) is 1.68. The van der Waals surface area contributed by atoms with Crippen LogP contribution in [0.3, 0.4) is 0 Å². The van der Waals surface area contributed by atoms with Crippen LogP contribution in [0.1, 0.15) is 28.7 Å². The molecule has 0 fully saturated rings. The minimum atomic E-state index is -1.07. The Morgan fingerprint density at radius 1 is 1.37 bits per heavy atom. The Morgan fingerprint density at radius 2 is 2.16 bits per heavy atom. The zero-order chi connectivity index (χ0) is 13.8. The molecule has 98 valence electrons. The van der Waals surface area contributed by atoms with Gasteiger partial charge in [0.2, 0.25) is 5.88 Å². The molecule has 0 spiro atoms. The van der Waals surface area contributed by atoms with Gasteiger partial charge in [-0.2, -0.15) is 0 Å². The quantitative estimate of drug-likeness (QED) is 0.912. The lowest BCUT2D eigenvalue weighted by Gasteiger charge is -2.10. The summed E-state index contributed by atoms with van der Waals surface area (Å²) < 4.78 is 5.59. The Balaban J connectivity index is 2.39. The molecule has 2 heterocycles. The zero-order valence-corrected chi connectivity index (χ0v) is 10.8. The second-order valence-corrected chi connectivity index (χ2v) is 4.01. The normalized spacial score (nSPS) is 10.2. The summed E-state index contributed by atoms with van der Waals surface area (Å²) in [6, 6.07) is 6.61. The summed E-state index contributed by atoms with van der Waals surface area (Å²) in [5.74, 6) is -0.453. The first-order chi connectivity index (χ1) is 9.11. The number of rotatable bonds is 4. The molecule has 0 aliphatic carbocycles. The Morgan fingerprint density at radius 3 is 2.84 bits per heavy atom. The molecular formula is C14H14N2O3. The molecule has 0 amide bonds. The predicted octanol–water partition coefficient (Wildman–Crippen LogP) is 2.84. The Hall–Kier alpha value is -2.43. The van der Waals surface area contributed by atoms with Crippen molar-refractivity contribution >= 4 is 5.97 Å². The predicted molar refractivity (Wildman–Crippen MR) is 69.6 cm³/mol. The molecule has 0 bridgehead atoms. The standard InChI is InChI=1S/C14H14N2O3/c1-3-11-12(7-6-9(2)16-11)19-13-10(14(17)18)5-4-8-15-13/h4-8H,3H2,1-2H3,(H,17,18). The summed E-state index contributed by atoms with van der Waals surface area (Å²) in [5, 5.41) is 9.08. The van der Waals surface area contributed by atoms with Gasteiger partial charge in [0, 0.05) is 11.9 Å². The highest BCUT2D eigenvalue weighted by Crippen LogP contribution is 2.26. The lowest BCUT2D eigenvalue weighted by atomic mass is 10.2. The number of hydrogen-bond acceptors (Lipinski definition) is 4. The summed E-state index contributed by atoms with van der Waals surface area (Å²) in [5.41, 5.74) is 1.70. The minimum absolute atomic E-state index is 0.0325. The van der Waals surface area contributed by atoms with Crippen LogP contribution < -0.4 is 4.74 Å². The minimum Gasteiger partial charge on any atom is -0.477 e. The van der Waals surface area contributed by atoms with Crippen LogP contribution in [0.5, 0.6) is 11.6 Å². The van der Waals surface area contributed by atoms with Crippen molar-refractivity contribution in [2.75, 3.05) is 0 Å². The molecular weight excluding hydrogens is 244 g/mol. The first-order valence-electron chi connectivity index (χ1n) is 5.94. The third kappa shape index (κ3) is 2.88. The Kier molecular flexibility index (Phi) is 3.75. The van der Waals surface area contributed by atoms with E-state index in [-0.39, 0.29) is 11.4 Å². The lowest BCUT2D eigenvalue weighted by Crippen LogP contribution is -2.03. The van der Waals surface area contributed by atoms with Gasteiger partial charge in [-0.1, -0.05) is 6.92 Å². The van der Waals surface area contributed by atoms with Crippen molar-refractivity contribution in [2.45, 2.75) is 20.3 Å². The van der Waals surface area contributed by atoms with E-state index < -0.39 is 5.97 Å². The van der Waals surface area contributed by atoms with Gasteiger partial charge in [-0.25, -0.2) is 9.78 Å². The van der Waals surface area contributed by atoms with Gasteiger partial charge >= 0.3 is 5.97 Å². The van der Waals surface area contributed by atoms with E-state index in [1.165, 1.54) is 12.3 Å². The van der Waals surface area contributed by atoms with E-state index >= 15 is 0 Å². The second kappa shape index (κ2) is 5.48. The van der Waals surface area contributed by atoms with E-state index in [1.807, 2.05) is 19.9 Å². The molecule has 0 radical (unpaired) electrons. The number of aromatic nitrogens is 2. The molecule has 1 N–H and O–H groups in total. The van der Waals surface area contributed by atoms with Crippen LogP contribution in [0.2, 0.25) is 0 Å². The summed E-state index contributed by atoms with van der Waals surface area (Å²) in [6.45, 7) is 3.86. The maximum atomic E-state index is 11.1. The second-order valence-electron chi connectivity index (χ2n) is 4.01. The summed E-state index contributed by atoms with van der Waals surface area (Å²) in [6.07, 6.45) is 2.20. The largest absolute Gasteiger partial charge is 0.477 e. The third-order valence-electron chi connectivity index (χ3n) is 2.61. The van der Waals surface area contributed by atoms with Gasteiger partial charge in [0.1, 0.15) is 5.56 Å². The summed E-state index contributed by atoms with van der Waals surface area (Å²) >= 11 is 0. The summed E-state index contributed by atoms with van der Waals surface area (Å²) in [7, 11) is 0. The lowest BCUT2D eigenvalue weighted by molar-refractivity contribution is 0.0693. The molecule has 0 aliphatic rings. The molecule has 0 saturated carbocycles. The van der Waals surface area contributed by atoms with Crippen molar-refractivity contribution in [1.82, 2.24) is 9.97 Å². The molecule has 19 heavy (non-hydrogen) atoms. The Bertz CT molecular complexity index is 611. The highest BCUT2D eigenvalue weighted by Gasteiger charge is 2.14. The number of carboxylic acid groups (broad SMARTS) is 1. The van der Waals surface area contributed by atoms with Crippen molar-refractivity contribution < 1.29 is 14.6 Å². The number of ether oxygens (including phenoxy) is 1. The van der Waals surface area contributed by atoms with Crippen LogP contribution in [0.4, 0.5) is 0 Å². The number of nitrogens with zero attached hydrogens (tertiary/aromatic N) is 2. The maximum absolute atomic E-state index is 11.1. The molecule has 0 atom stereocenters. The van der Waals surface area contributed by atoms with Crippen molar-refractivity contribution in [3.05, 3.63) is 47.4 Å². The highest BCUT2D eigenvalue weighted by atomic mass is 16.5. The van der Waals surface area contributed by atoms with Crippen LogP contribution in [-0.4, -0.2) is 21.0 Å². The molecule has 2 rings (SSSR count). The van der Waals surface area contributed by atoms with Gasteiger partial charge in [-0.3, -0.25) is 4.98 Å². The van der Waals surface area contributed by atoms with E-state index in [1.54, 1.807) is 12.1 Å². The van der Waals surface area contributed by atoms with Crippen LogP contribution in [-0.2, 0) is 6.42 Å². The van der Waals surface area contributed by atoms with Gasteiger partial charge in [-0.15, -0.1) is 0 Å². The number of hydrogen-bond donors (Lipinski definition) is 1. The van der Waals surface area contributed by atoms with Crippen LogP contribution in [0.15, 0.2) is 30.5 Å². The molecule has 2 aromatic rings. The van der Waals surface area contributed by atoms with Crippen molar-refractivity contribution in [3.8, 4) is 11.6 Å². The van der Waals surface area contributed by atoms with E-state index in [9.17, 15) is 4.79 Å². The number of aromatic carboxylic acids is 1. The first-order valence-corrected chi connectivity index (χ1v) is 5.94. The number of carbonyl (C=O) groups is 1. The fraction of sp³-hybridized carbons (Fsp3) is 0.214. The van der Waals surface area contributed by atoms with E-state index in [0.29, 0.717) is 12.2 Å². The molecule has 5 heteroatoms. The molecule has 5 nitrogen and oxygen atoms in total. The molecule has 0 saturated heterocycles. The molecule has 0 aliphatic heterocycles. The third-order valence-corrected chi connectivity index (χ3v) is 2.61. The van der Waals surface area contributed by atoms with Gasteiger partial charge in [-0.05, 0) is 37.6 Å². The van der Waals surface area contributed by atoms with Crippen LogP contribution in [0, 0.1) is 6.92 Å². The van der Waals surface area contributed by atoms with Crippen molar-refractivity contribution in [1.29, 1.82) is 0 Å². The van der Waals surface area contributed by atoms with Crippen molar-refractivity contribution in [2.24, 2.45) is 0 Å². The number of carboxylic acids is 1. The highest BCUT2D eigenvalue weighted by molar-refractivity contribution is 5.90. The van der Waals surface area contributed by atoms with Crippen LogP contribution in [0.25, 0.3) is 0 Å². The molecule has 0 aromatic carbocycles. The van der Waals surface area contributed by atoms with Crippen LogP contribution >= 0.6 is 0 Å². The zero-order valence-electron chi connectivity index (χ0n) is 10.8. The number of pyridine rings is 2. The van der Waals surface area contributed by atoms with Crippen molar-refractivity contribution in [3.63, 3.8) is 0 Å². The Labute approximate surface area is 110 Å². The van der Waals surface area contributed by atoms with E-state index in [4.69, 9.17) is 9.84 Å². The fourth-order valence-corrected chi connectivity index (χ4v) is 1.68. The van der Waals surface area contributed by atoms with Gasteiger partial charge in [0.25, 0.3) is 0 Å². The number of aryl methyl sites for hydroxylation is 2. The van der Waals surface area contributed by atoms with Gasteiger partial charge < -0.3 is 9.84 Å². The van der Waals surface area contributed by atoms with E-state index in [2.05, 4.69) is 9.97 Å². The maximum Gasteiger partial charge on any atom is 0.341 e. The van der Waals surface area contributed by atoms with E-state index in [0.717, 1.165) is 11.4 Å².